The average molecular weight is 1890 g/mol. The molecule has 3 aliphatic carbocycles. The summed E-state index contributed by atoms with van der Waals surface area (Å²) >= 11 is 0. The minimum Gasteiger partial charge on any atom is -0.496 e. The van der Waals surface area contributed by atoms with Gasteiger partial charge in [0.05, 0.1) is 45.5 Å². The van der Waals surface area contributed by atoms with Gasteiger partial charge in [-0.05, 0) is 215 Å². The van der Waals surface area contributed by atoms with Crippen LogP contribution in [0.25, 0.3) is 83.4 Å². The maximum atomic E-state index is 6.10. The molecule has 0 saturated carbocycles. The first-order valence-electron chi connectivity index (χ1n) is 50.1. The summed E-state index contributed by atoms with van der Waals surface area (Å²) in [5.41, 5.74) is 36.8. The Bertz CT molecular complexity index is 6890. The summed E-state index contributed by atoms with van der Waals surface area (Å²) in [5, 5.41) is 1.13. The molecular weight excluding hydrogens is 1760 g/mol. The van der Waals surface area contributed by atoms with Crippen LogP contribution in [0.4, 0.5) is 0 Å². The highest BCUT2D eigenvalue weighted by atomic mass is 16.5. The summed E-state index contributed by atoms with van der Waals surface area (Å²) in [6.45, 7) is 27.7. The number of rotatable bonds is 26. The minimum atomic E-state index is 0.566. The number of pyridine rings is 4. The van der Waals surface area contributed by atoms with Gasteiger partial charge in [-0.15, -0.1) is 0 Å². The van der Waals surface area contributed by atoms with E-state index >= 15 is 0 Å². The number of aromatic amines is 1. The van der Waals surface area contributed by atoms with Crippen LogP contribution in [0.3, 0.4) is 0 Å². The molecule has 724 valence electrons. The van der Waals surface area contributed by atoms with Gasteiger partial charge >= 0.3 is 0 Å². The number of allylic oxidation sites excluding steroid dienone is 3. The molecule has 19 nitrogen and oxygen atoms in total. The van der Waals surface area contributed by atoms with Gasteiger partial charge in [-0.3, -0.25) is 34.6 Å². The predicted octanol–water partition coefficient (Wildman–Crippen LogP) is 21.9. The van der Waals surface area contributed by atoms with Crippen molar-refractivity contribution in [2.24, 2.45) is 0 Å². The molecule has 0 bridgehead atoms. The van der Waals surface area contributed by atoms with Crippen LogP contribution >= 0.6 is 0 Å². The summed E-state index contributed by atoms with van der Waals surface area (Å²) < 4.78 is 34.2. The normalized spacial score (nSPS) is 15.8. The fourth-order valence-electron chi connectivity index (χ4n) is 19.9. The molecule has 142 heavy (non-hydrogen) atoms. The second-order valence-corrected chi connectivity index (χ2v) is 38.7. The van der Waals surface area contributed by atoms with E-state index in [1.807, 2.05) is 73.4 Å². The Labute approximate surface area is 838 Å². The predicted molar refractivity (Wildman–Crippen MR) is 576 cm³/mol. The van der Waals surface area contributed by atoms with Crippen molar-refractivity contribution in [3.63, 3.8) is 0 Å². The lowest BCUT2D eigenvalue weighted by atomic mass is 9.97. The maximum Gasteiger partial charge on any atom is 0.203 e. The monoisotopic (exact) mass is 1890 g/mol. The Hall–Kier alpha value is -14.0. The highest BCUT2D eigenvalue weighted by molar-refractivity contribution is 5.96. The molecule has 15 aromatic rings. The van der Waals surface area contributed by atoms with E-state index in [1.165, 1.54) is 100 Å². The zero-order chi connectivity index (χ0) is 97.4. The van der Waals surface area contributed by atoms with Crippen molar-refractivity contribution in [3.8, 4) is 90.1 Å². The molecule has 1 N–H and O–H groups in total. The number of fused-ring (bicyclic) bond motifs is 4. The number of hydrogen-bond acceptors (Lipinski definition) is 18. The van der Waals surface area contributed by atoms with E-state index in [-0.39, 0.29) is 0 Å². The average Bonchev–Trinajstić information content (AvgIpc) is 1.62. The van der Waals surface area contributed by atoms with Gasteiger partial charge in [0.15, 0.2) is 11.5 Å². The molecule has 4 aliphatic heterocycles. The molecule has 0 spiro atoms. The number of aryl methyl sites for hydroxylation is 2. The number of hydrogen-bond donors (Lipinski definition) is 1. The summed E-state index contributed by atoms with van der Waals surface area (Å²) in [7, 11) is 15.4. The van der Waals surface area contributed by atoms with Crippen LogP contribution in [0.2, 0.25) is 0 Å². The van der Waals surface area contributed by atoms with Gasteiger partial charge in [0.2, 0.25) is 5.75 Å². The Morgan fingerprint density at radius 3 is 1.07 bits per heavy atom. The number of H-pyrrole nitrogens is 1. The molecule has 4 fully saturated rings. The SMILES string of the molecule is CN1CCN(Cc2ccc(-c3cnc4c(c3)C(c3cccc(OCc5ccccc5)c3)=CC4)cc2)CC1.COc1cc(C2=CCc3ncc(-c4ccc(CN5CCN(C)CC5)cc4)cc32)cc(OC)c1OC.COc1ccc(-c2c[nH]c3ncc(-c4ccc(CN5CCN(C)CC5)cc4)cc23)cc1C.Cc1ccc(COc2ccc(C3=CCc4ncc(-c5ccc(CN6CCN(C)CC6)cc5)cc43)cc2)cc1. The van der Waals surface area contributed by atoms with Gasteiger partial charge in [0.25, 0.3) is 0 Å². The summed E-state index contributed by atoms with van der Waals surface area (Å²) in [6.07, 6.45) is 19.4. The zero-order valence-corrected chi connectivity index (χ0v) is 83.9. The second kappa shape index (κ2) is 45.7. The standard InChI is InChI=1S/C34H35N3O.C33H33N3O.C29H33N3O3.C27H30N4O/c1-25-3-5-27(6-4-25)24-38-31-13-11-29(12-14-31)32-15-16-34-33(32)21-30(22-35-34)28-9-7-26(8-10-28)23-37-19-17-36(2)18-20-37;1-35-16-18-36(19-17-35)23-25-10-12-27(13-11-25)29-21-32-31(14-15-33(32)34-22-29)28-8-5-9-30(20-28)37-24-26-6-3-2-4-7-26;1-31-11-13-32(14-12-31)19-20-5-7-21(8-6-20)23-15-25-24(9-10-26(25)30-18-23)22-16-27(33-2)29(35-4)28(17-22)34-3;1-19-14-22(8-9-26(19)32-3)25-17-29-27-24(25)15-23(16-28-27)21-6-4-20(5-7-21)18-31-12-10-30(2)11-13-31/h3-15,21-22H,16-20,23-24H2,1-2H3;2-14,20-22H,15-19,23-24H2,1H3;5-9,15-18H,10-14,19H2,1-4H3;4-9,14-17H,10-13,18H2,1-3H3,(H,28,29). The third-order valence-electron chi connectivity index (χ3n) is 28.7. The van der Waals surface area contributed by atoms with Crippen molar-refractivity contribution < 1.29 is 28.4 Å². The first-order chi connectivity index (χ1) is 69.5. The van der Waals surface area contributed by atoms with Crippen molar-refractivity contribution in [1.29, 1.82) is 0 Å². The van der Waals surface area contributed by atoms with Crippen molar-refractivity contribution in [2.45, 2.75) is 72.5 Å². The van der Waals surface area contributed by atoms with E-state index in [1.54, 1.807) is 28.4 Å². The Kier molecular flexibility index (Phi) is 31.2. The van der Waals surface area contributed by atoms with Crippen LogP contribution < -0.4 is 28.4 Å². The van der Waals surface area contributed by atoms with Gasteiger partial charge in [-0.25, -0.2) is 4.98 Å². The van der Waals surface area contributed by atoms with Crippen molar-refractivity contribution in [3.05, 3.63) is 399 Å². The fourth-order valence-corrected chi connectivity index (χ4v) is 19.9. The second-order valence-electron chi connectivity index (χ2n) is 38.7. The molecule has 0 atom stereocenters. The number of nitrogens with zero attached hydrogens (tertiary/aromatic N) is 12. The Balaban J connectivity index is 0.000000120. The quantitative estimate of drug-likeness (QED) is 0.0547. The van der Waals surface area contributed by atoms with Gasteiger partial charge in [0.1, 0.15) is 36.1 Å². The summed E-state index contributed by atoms with van der Waals surface area (Å²) in [6, 6.07) is 91.0. The van der Waals surface area contributed by atoms with E-state index in [9.17, 15) is 0 Å². The van der Waals surface area contributed by atoms with Crippen molar-refractivity contribution in [1.82, 2.24) is 64.1 Å². The lowest BCUT2D eigenvalue weighted by Crippen LogP contribution is -2.43. The molecule has 0 unspecified atom stereocenters. The summed E-state index contributed by atoms with van der Waals surface area (Å²) in [5.74, 6) is 4.57. The van der Waals surface area contributed by atoms with Gasteiger partial charge in [-0.1, -0.05) is 206 Å². The number of methoxy groups -OCH3 is 4. The molecular formula is C123H131N13O6. The van der Waals surface area contributed by atoms with Crippen LogP contribution in [0.15, 0.2) is 304 Å². The summed E-state index contributed by atoms with van der Waals surface area (Å²) in [4.78, 5) is 42.2. The largest absolute Gasteiger partial charge is 0.496 e. The first kappa shape index (κ1) is 96.9. The highest BCUT2D eigenvalue weighted by Crippen LogP contribution is 2.45. The van der Waals surface area contributed by atoms with Crippen LogP contribution in [-0.2, 0) is 58.7 Å². The molecule has 19 heteroatoms. The van der Waals surface area contributed by atoms with Gasteiger partial charge in [0, 0.05) is 231 Å². The molecule has 9 heterocycles. The van der Waals surface area contributed by atoms with Crippen molar-refractivity contribution >= 4 is 27.8 Å². The molecule has 0 amide bonds. The molecule has 4 saturated heterocycles. The number of nitrogens with one attached hydrogen (secondary N) is 1. The number of likely N-dealkylation sites (N-methyl/N-ethyl adjacent to an activating group) is 4. The maximum absolute atomic E-state index is 6.10. The van der Waals surface area contributed by atoms with E-state index in [0.29, 0.717) is 30.5 Å². The zero-order valence-electron chi connectivity index (χ0n) is 83.9. The lowest BCUT2D eigenvalue weighted by Gasteiger charge is -2.32. The number of aromatic nitrogens is 5. The highest BCUT2D eigenvalue weighted by Gasteiger charge is 2.27. The number of benzene rings is 10. The molecule has 0 radical (unpaired) electrons. The van der Waals surface area contributed by atoms with E-state index in [4.69, 9.17) is 43.4 Å². The number of ether oxygens (including phenoxy) is 6. The van der Waals surface area contributed by atoms with Crippen LogP contribution in [0.1, 0.15) is 95.0 Å². The minimum absolute atomic E-state index is 0.566. The topological polar surface area (TPSA) is 149 Å². The molecule has 22 rings (SSSR count). The molecule has 10 aromatic carbocycles. The van der Waals surface area contributed by atoms with Gasteiger partial charge in [-0.2, -0.15) is 0 Å². The molecule has 7 aliphatic rings. The smallest absolute Gasteiger partial charge is 0.203 e. The fraction of sp³-hybridized carbons (Fsp3) is 0.285. The van der Waals surface area contributed by atoms with E-state index < -0.39 is 0 Å². The third-order valence-corrected chi connectivity index (χ3v) is 28.7. The Morgan fingerprint density at radius 1 is 0.282 bits per heavy atom. The third kappa shape index (κ3) is 23.9. The van der Waals surface area contributed by atoms with Crippen LogP contribution in [0.5, 0.6) is 34.5 Å². The van der Waals surface area contributed by atoms with Crippen molar-refractivity contribution in [2.75, 3.05) is 161 Å². The Morgan fingerprint density at radius 2 is 0.655 bits per heavy atom. The first-order valence-corrected chi connectivity index (χ1v) is 50.1. The van der Waals surface area contributed by atoms with Gasteiger partial charge < -0.3 is 53.0 Å². The lowest BCUT2D eigenvalue weighted by molar-refractivity contribution is 0.148. The van der Waals surface area contributed by atoms with E-state index in [2.05, 4.69) is 322 Å². The molecule has 5 aromatic heterocycles. The number of piperazine rings is 4. The van der Waals surface area contributed by atoms with Crippen LogP contribution in [0, 0.1) is 13.8 Å². The van der Waals surface area contributed by atoms with E-state index in [0.717, 1.165) is 246 Å². The van der Waals surface area contributed by atoms with Crippen LogP contribution in [-0.4, -0.2) is 225 Å².